The molecule has 0 unspecified atom stereocenters. The Kier molecular flexibility index (Phi) is 4.81. The Balaban J connectivity index is 2.09. The molecule has 1 aromatic carbocycles. The Bertz CT molecular complexity index is 742. The topological polar surface area (TPSA) is 61.2 Å². The molecule has 0 radical (unpaired) electrons. The van der Waals surface area contributed by atoms with Crippen LogP contribution in [0.4, 0.5) is 0 Å². The summed E-state index contributed by atoms with van der Waals surface area (Å²) in [7, 11) is 1.45. The molecule has 0 aliphatic rings. The molecule has 0 N–H and O–H groups in total. The van der Waals surface area contributed by atoms with Crippen LogP contribution in [-0.2, 0) is 15.7 Å². The van der Waals surface area contributed by atoms with Gasteiger partial charge in [-0.3, -0.25) is 4.68 Å². The maximum atomic E-state index is 11.2. The minimum Gasteiger partial charge on any atom is -0.486 e. The Hall–Kier alpha value is -1.24. The van der Waals surface area contributed by atoms with E-state index in [1.54, 1.807) is 0 Å². The molecule has 0 saturated heterocycles. The van der Waals surface area contributed by atoms with Crippen molar-refractivity contribution in [3.8, 4) is 5.75 Å². The quantitative estimate of drug-likeness (QED) is 0.774. The smallest absolute Gasteiger partial charge is 0.261 e. The zero-order valence-electron chi connectivity index (χ0n) is 11.5. The Morgan fingerprint density at radius 3 is 2.57 bits per heavy atom. The Labute approximate surface area is 132 Å². The fourth-order valence-electron chi connectivity index (χ4n) is 1.64. The zero-order chi connectivity index (χ0) is 15.6. The van der Waals surface area contributed by atoms with Gasteiger partial charge in [0.2, 0.25) is 0 Å². The van der Waals surface area contributed by atoms with Crippen LogP contribution in [0.1, 0.15) is 25.6 Å². The lowest BCUT2D eigenvalue weighted by Crippen LogP contribution is -2.03. The average molecular weight is 349 g/mol. The van der Waals surface area contributed by atoms with Crippen molar-refractivity contribution in [3.63, 3.8) is 0 Å². The van der Waals surface area contributed by atoms with Gasteiger partial charge >= 0.3 is 0 Å². The van der Waals surface area contributed by atoms with E-state index in [4.69, 9.17) is 27.0 Å². The molecule has 1 heterocycles. The first-order valence-corrected chi connectivity index (χ1v) is 8.87. The summed E-state index contributed by atoms with van der Waals surface area (Å²) in [4.78, 5) is -0.0643. The predicted octanol–water partition coefficient (Wildman–Crippen LogP) is 3.62. The second-order valence-corrected chi connectivity index (χ2v) is 7.67. The van der Waals surface area contributed by atoms with Crippen LogP contribution in [0, 0.1) is 0 Å². The van der Waals surface area contributed by atoms with Crippen molar-refractivity contribution in [2.24, 2.45) is 0 Å². The van der Waals surface area contributed by atoms with Crippen molar-refractivity contribution in [2.45, 2.75) is 31.4 Å². The Morgan fingerprint density at radius 2 is 2.05 bits per heavy atom. The van der Waals surface area contributed by atoms with E-state index >= 15 is 0 Å². The molecule has 1 aromatic heterocycles. The largest absolute Gasteiger partial charge is 0.486 e. The van der Waals surface area contributed by atoms with E-state index in [9.17, 15) is 8.42 Å². The maximum absolute atomic E-state index is 11.2. The highest BCUT2D eigenvalue weighted by Gasteiger charge is 2.13. The third-order valence-electron chi connectivity index (χ3n) is 2.75. The van der Waals surface area contributed by atoms with E-state index in [1.165, 1.54) is 18.2 Å². The molecular formula is C13H14Cl2N2O3S. The lowest BCUT2D eigenvalue weighted by Gasteiger charge is -2.08. The SMILES string of the molecule is CC(C)n1ccc(COc2ccc(S(=O)(=O)Cl)cc2Cl)n1. The average Bonchev–Trinajstić information content (AvgIpc) is 2.85. The standard InChI is InChI=1S/C13H14Cl2N2O3S/c1-9(2)17-6-5-10(16-17)8-20-13-4-3-11(7-12(13)14)21(15,18)19/h3-7,9H,8H2,1-2H3. The third-order valence-corrected chi connectivity index (χ3v) is 4.40. The number of nitrogens with zero attached hydrogens (tertiary/aromatic N) is 2. The lowest BCUT2D eigenvalue weighted by atomic mass is 10.3. The maximum Gasteiger partial charge on any atom is 0.261 e. The summed E-state index contributed by atoms with van der Waals surface area (Å²) in [6, 6.07) is 6.20. The number of hydrogen-bond donors (Lipinski definition) is 0. The molecule has 114 valence electrons. The van der Waals surface area contributed by atoms with Crippen LogP contribution in [-0.4, -0.2) is 18.2 Å². The molecule has 0 amide bonds. The second kappa shape index (κ2) is 6.25. The molecule has 2 aromatic rings. The molecule has 2 rings (SSSR count). The van der Waals surface area contributed by atoms with Gasteiger partial charge in [0.25, 0.3) is 9.05 Å². The fraction of sp³-hybridized carbons (Fsp3) is 0.308. The van der Waals surface area contributed by atoms with Gasteiger partial charge in [0.15, 0.2) is 0 Å². The van der Waals surface area contributed by atoms with Gasteiger partial charge < -0.3 is 4.74 Å². The highest BCUT2D eigenvalue weighted by atomic mass is 35.7. The summed E-state index contributed by atoms with van der Waals surface area (Å²) in [5.41, 5.74) is 0.758. The fourth-order valence-corrected chi connectivity index (χ4v) is 2.72. The molecule has 0 spiro atoms. The number of rotatable bonds is 5. The molecule has 0 atom stereocenters. The summed E-state index contributed by atoms with van der Waals surface area (Å²) in [6.45, 7) is 4.30. The normalized spacial score (nSPS) is 11.9. The summed E-state index contributed by atoms with van der Waals surface area (Å²) >= 11 is 5.98. The first-order valence-electron chi connectivity index (χ1n) is 6.18. The lowest BCUT2D eigenvalue weighted by molar-refractivity contribution is 0.298. The van der Waals surface area contributed by atoms with Gasteiger partial charge in [-0.05, 0) is 38.1 Å². The Morgan fingerprint density at radius 1 is 1.33 bits per heavy atom. The van der Waals surface area contributed by atoms with Crippen molar-refractivity contribution < 1.29 is 13.2 Å². The highest BCUT2D eigenvalue weighted by molar-refractivity contribution is 8.13. The minimum atomic E-state index is -3.80. The minimum absolute atomic E-state index is 0.0643. The molecule has 8 heteroatoms. The van der Waals surface area contributed by atoms with Crippen molar-refractivity contribution in [1.82, 2.24) is 9.78 Å². The summed E-state index contributed by atoms with van der Waals surface area (Å²) in [5, 5.41) is 4.52. The van der Waals surface area contributed by atoms with Crippen molar-refractivity contribution in [2.75, 3.05) is 0 Å². The van der Waals surface area contributed by atoms with Crippen LogP contribution in [0.25, 0.3) is 0 Å². The van der Waals surface area contributed by atoms with Crippen LogP contribution in [0.5, 0.6) is 5.75 Å². The van der Waals surface area contributed by atoms with Crippen molar-refractivity contribution >= 4 is 31.3 Å². The summed E-state index contributed by atoms with van der Waals surface area (Å²) in [6.07, 6.45) is 1.87. The molecule has 0 bridgehead atoms. The molecule has 0 aliphatic heterocycles. The number of ether oxygens (including phenoxy) is 1. The summed E-state index contributed by atoms with van der Waals surface area (Å²) < 4.78 is 29.8. The zero-order valence-corrected chi connectivity index (χ0v) is 13.8. The van der Waals surface area contributed by atoms with Crippen molar-refractivity contribution in [3.05, 3.63) is 41.2 Å². The molecule has 0 saturated carbocycles. The molecule has 0 fully saturated rings. The van der Waals surface area contributed by atoms with Gasteiger partial charge in [-0.1, -0.05) is 11.6 Å². The molecular weight excluding hydrogens is 335 g/mol. The predicted molar refractivity (Wildman–Crippen MR) is 81.4 cm³/mol. The number of hydrogen-bond acceptors (Lipinski definition) is 4. The molecule has 5 nitrogen and oxygen atoms in total. The van der Waals surface area contributed by atoms with E-state index in [0.29, 0.717) is 5.75 Å². The first kappa shape index (κ1) is 16.1. The number of aromatic nitrogens is 2. The molecule has 0 aliphatic carbocycles. The van der Waals surface area contributed by atoms with Gasteiger partial charge in [-0.25, -0.2) is 8.42 Å². The van der Waals surface area contributed by atoms with Gasteiger partial charge in [-0.2, -0.15) is 5.10 Å². The van der Waals surface area contributed by atoms with E-state index in [0.717, 1.165) is 5.69 Å². The van der Waals surface area contributed by atoms with E-state index < -0.39 is 9.05 Å². The summed E-state index contributed by atoms with van der Waals surface area (Å²) in [5.74, 6) is 0.375. The van der Waals surface area contributed by atoms with Crippen LogP contribution in [0.3, 0.4) is 0 Å². The van der Waals surface area contributed by atoms with Crippen molar-refractivity contribution in [1.29, 1.82) is 0 Å². The van der Waals surface area contributed by atoms with Gasteiger partial charge in [0.05, 0.1) is 15.6 Å². The van der Waals surface area contributed by atoms with Gasteiger partial charge in [0.1, 0.15) is 12.4 Å². The van der Waals surface area contributed by atoms with Gasteiger partial charge in [0, 0.05) is 22.9 Å². The van der Waals surface area contributed by atoms with Crippen LogP contribution < -0.4 is 4.74 Å². The number of halogens is 2. The second-order valence-electron chi connectivity index (χ2n) is 4.70. The van der Waals surface area contributed by atoms with Gasteiger partial charge in [-0.15, -0.1) is 0 Å². The van der Waals surface area contributed by atoms with E-state index in [1.807, 2.05) is 30.8 Å². The first-order chi connectivity index (χ1) is 9.77. The molecule has 21 heavy (non-hydrogen) atoms. The monoisotopic (exact) mass is 348 g/mol. The third kappa shape index (κ3) is 4.12. The van der Waals surface area contributed by atoms with Crippen LogP contribution in [0.2, 0.25) is 5.02 Å². The van der Waals surface area contributed by atoms with Crippen LogP contribution in [0.15, 0.2) is 35.4 Å². The number of benzene rings is 1. The van der Waals surface area contributed by atoms with Crippen LogP contribution >= 0.6 is 22.3 Å². The van der Waals surface area contributed by atoms with E-state index in [-0.39, 0.29) is 22.6 Å². The highest BCUT2D eigenvalue weighted by Crippen LogP contribution is 2.29. The van der Waals surface area contributed by atoms with E-state index in [2.05, 4.69) is 5.10 Å².